The van der Waals surface area contributed by atoms with E-state index in [1.54, 1.807) is 48.7 Å². The van der Waals surface area contributed by atoms with Crippen LogP contribution in [-0.4, -0.2) is 33.2 Å². The first-order valence-corrected chi connectivity index (χ1v) is 12.8. The Labute approximate surface area is 209 Å². The molecule has 0 bridgehead atoms. The molecule has 1 N–H and O–H groups in total. The number of benzene rings is 2. The molecule has 0 unspecified atom stereocenters. The lowest BCUT2D eigenvalue weighted by atomic mass is 10.2. The van der Waals surface area contributed by atoms with Gasteiger partial charge < -0.3 is 18.9 Å². The number of hydrogen-bond donors (Lipinski definition) is 1. The van der Waals surface area contributed by atoms with Crippen molar-refractivity contribution in [2.45, 2.75) is 24.5 Å². The van der Waals surface area contributed by atoms with Crippen LogP contribution in [0.1, 0.15) is 11.3 Å². The maximum Gasteiger partial charge on any atom is 0.240 e. The Bertz CT molecular complexity index is 1390. The van der Waals surface area contributed by atoms with Crippen LogP contribution in [0.15, 0.2) is 77.1 Å². The first-order valence-electron chi connectivity index (χ1n) is 10.9. The Morgan fingerprint density at radius 2 is 1.91 bits per heavy atom. The van der Waals surface area contributed by atoms with E-state index in [-0.39, 0.29) is 16.9 Å². The van der Waals surface area contributed by atoms with Crippen LogP contribution in [0.25, 0.3) is 0 Å². The zero-order valence-corrected chi connectivity index (χ0v) is 20.8. The number of rotatable bonds is 9. The lowest BCUT2D eigenvalue weighted by Gasteiger charge is -2.32. The number of nitrogens with one attached hydrogen (secondary N) is 1. The minimum atomic E-state index is -3.77. The van der Waals surface area contributed by atoms with Crippen molar-refractivity contribution in [1.29, 1.82) is 0 Å². The fraction of sp³-hybridized carbons (Fsp3) is 0.240. The third kappa shape index (κ3) is 5.70. The maximum absolute atomic E-state index is 12.8. The lowest BCUT2D eigenvalue weighted by Crippen LogP contribution is -2.35. The standard InChI is InChI=1S/C25H26ClN3O5S/c1-3-12-34-20-6-4-18(5-7-20)15-27-35(31,32)21-8-9-23(22(26)14-21)29-11-10-28-17-25(33-2)24(30)13-19(28)16-29/h3-9,13-14,17,27H,1,10-12,15-16H2,2H3. The van der Waals surface area contributed by atoms with Crippen LogP contribution in [-0.2, 0) is 29.7 Å². The molecule has 1 aliphatic heterocycles. The van der Waals surface area contributed by atoms with Crippen LogP contribution < -0.4 is 24.5 Å². The van der Waals surface area contributed by atoms with Gasteiger partial charge in [-0.05, 0) is 35.9 Å². The van der Waals surface area contributed by atoms with Gasteiger partial charge in [0.1, 0.15) is 12.4 Å². The molecule has 0 spiro atoms. The molecule has 4 rings (SSSR count). The molecule has 0 saturated carbocycles. The van der Waals surface area contributed by atoms with Gasteiger partial charge >= 0.3 is 0 Å². The van der Waals surface area contributed by atoms with Crippen LogP contribution in [0.5, 0.6) is 11.5 Å². The summed E-state index contributed by atoms with van der Waals surface area (Å²) in [6.45, 7) is 5.89. The van der Waals surface area contributed by atoms with Gasteiger partial charge in [0.05, 0.1) is 35.5 Å². The molecular formula is C25H26ClN3O5S. The quantitative estimate of drug-likeness (QED) is 0.438. The van der Waals surface area contributed by atoms with Crippen molar-refractivity contribution in [3.8, 4) is 11.5 Å². The minimum absolute atomic E-state index is 0.0792. The molecule has 0 radical (unpaired) electrons. The van der Waals surface area contributed by atoms with Gasteiger partial charge in [-0.3, -0.25) is 4.79 Å². The number of hydrogen-bond acceptors (Lipinski definition) is 6. The zero-order chi connectivity index (χ0) is 25.0. The molecule has 0 saturated heterocycles. The van der Waals surface area contributed by atoms with Crippen LogP contribution in [0.3, 0.4) is 0 Å². The molecule has 1 aliphatic rings. The highest BCUT2D eigenvalue weighted by Gasteiger charge is 2.22. The Hall–Kier alpha value is -3.27. The number of anilines is 1. The molecule has 2 heterocycles. The monoisotopic (exact) mass is 515 g/mol. The van der Waals surface area contributed by atoms with Crippen LogP contribution in [0.2, 0.25) is 5.02 Å². The Balaban J connectivity index is 1.45. The number of fused-ring (bicyclic) bond motifs is 1. The summed E-state index contributed by atoms with van der Waals surface area (Å²) in [5, 5.41) is 0.320. The Kier molecular flexibility index (Phi) is 7.49. The van der Waals surface area contributed by atoms with Crippen molar-refractivity contribution in [3.05, 3.63) is 93.9 Å². The largest absolute Gasteiger partial charge is 0.491 e. The number of nitrogens with zero attached hydrogens (tertiary/aromatic N) is 2. The molecule has 0 atom stereocenters. The van der Waals surface area contributed by atoms with E-state index in [4.69, 9.17) is 21.1 Å². The van der Waals surface area contributed by atoms with Crippen molar-refractivity contribution in [3.63, 3.8) is 0 Å². The van der Waals surface area contributed by atoms with E-state index >= 15 is 0 Å². The average molecular weight is 516 g/mol. The topological polar surface area (TPSA) is 89.9 Å². The average Bonchev–Trinajstić information content (AvgIpc) is 2.86. The van der Waals surface area contributed by atoms with Crippen molar-refractivity contribution in [1.82, 2.24) is 9.29 Å². The molecule has 1 aromatic heterocycles. The molecule has 184 valence electrons. The minimum Gasteiger partial charge on any atom is -0.491 e. The van der Waals surface area contributed by atoms with E-state index in [2.05, 4.69) is 11.3 Å². The van der Waals surface area contributed by atoms with Gasteiger partial charge in [-0.2, -0.15) is 0 Å². The fourth-order valence-electron chi connectivity index (χ4n) is 3.83. The highest BCUT2D eigenvalue weighted by Crippen LogP contribution is 2.31. The van der Waals surface area contributed by atoms with Gasteiger partial charge in [0.15, 0.2) is 5.75 Å². The second-order valence-electron chi connectivity index (χ2n) is 7.99. The first kappa shape index (κ1) is 24.8. The number of methoxy groups -OCH3 is 1. The summed E-state index contributed by atoms with van der Waals surface area (Å²) >= 11 is 6.51. The second-order valence-corrected chi connectivity index (χ2v) is 10.2. The Morgan fingerprint density at radius 1 is 1.14 bits per heavy atom. The summed E-state index contributed by atoms with van der Waals surface area (Å²) in [6, 6.07) is 13.4. The summed E-state index contributed by atoms with van der Waals surface area (Å²) < 4.78 is 40.8. The fourth-order valence-corrected chi connectivity index (χ4v) is 5.24. The number of sulfonamides is 1. The predicted molar refractivity (Wildman–Crippen MR) is 136 cm³/mol. The van der Waals surface area contributed by atoms with E-state index in [1.165, 1.54) is 19.2 Å². The summed E-state index contributed by atoms with van der Waals surface area (Å²) in [5.41, 5.74) is 2.15. The third-order valence-corrected chi connectivity index (χ3v) is 7.40. The number of pyridine rings is 1. The van der Waals surface area contributed by atoms with Crippen LogP contribution in [0.4, 0.5) is 5.69 Å². The van der Waals surface area contributed by atoms with E-state index < -0.39 is 10.0 Å². The van der Waals surface area contributed by atoms with Gasteiger partial charge in [-0.25, -0.2) is 13.1 Å². The van der Waals surface area contributed by atoms with Crippen molar-refractivity contribution >= 4 is 27.3 Å². The van der Waals surface area contributed by atoms with E-state index in [1.807, 2.05) is 9.47 Å². The SMILES string of the molecule is C=CCOc1ccc(CNS(=O)(=O)c2ccc(N3CCn4cc(OC)c(=O)cc4C3)c(Cl)c2)cc1. The third-order valence-electron chi connectivity index (χ3n) is 5.69. The normalized spacial score (nSPS) is 13.3. The maximum atomic E-state index is 12.8. The highest BCUT2D eigenvalue weighted by atomic mass is 35.5. The van der Waals surface area contributed by atoms with Gasteiger partial charge in [-0.1, -0.05) is 36.4 Å². The number of halogens is 1. The summed E-state index contributed by atoms with van der Waals surface area (Å²) in [6.07, 6.45) is 3.36. The van der Waals surface area contributed by atoms with Gasteiger partial charge in [-0.15, -0.1) is 0 Å². The van der Waals surface area contributed by atoms with Gasteiger partial charge in [0, 0.05) is 31.4 Å². The summed E-state index contributed by atoms with van der Waals surface area (Å²) in [7, 11) is -2.30. The molecule has 0 fully saturated rings. The number of ether oxygens (including phenoxy) is 2. The summed E-state index contributed by atoms with van der Waals surface area (Å²) in [5.74, 6) is 0.988. The van der Waals surface area contributed by atoms with E-state index in [0.29, 0.717) is 48.5 Å². The van der Waals surface area contributed by atoms with Crippen molar-refractivity contribution in [2.75, 3.05) is 25.2 Å². The van der Waals surface area contributed by atoms with Crippen molar-refractivity contribution < 1.29 is 17.9 Å². The smallest absolute Gasteiger partial charge is 0.240 e. The molecule has 8 nitrogen and oxygen atoms in total. The first-order chi connectivity index (χ1) is 16.8. The molecule has 10 heteroatoms. The van der Waals surface area contributed by atoms with Crippen LogP contribution in [0, 0.1) is 0 Å². The number of aromatic nitrogens is 1. The van der Waals surface area contributed by atoms with Gasteiger partial charge in [0.2, 0.25) is 15.5 Å². The van der Waals surface area contributed by atoms with E-state index in [9.17, 15) is 13.2 Å². The molecular weight excluding hydrogens is 490 g/mol. The molecule has 35 heavy (non-hydrogen) atoms. The highest BCUT2D eigenvalue weighted by molar-refractivity contribution is 7.89. The summed E-state index contributed by atoms with van der Waals surface area (Å²) in [4.78, 5) is 14.2. The molecule has 3 aromatic rings. The Morgan fingerprint density at radius 3 is 2.60 bits per heavy atom. The molecule has 0 aliphatic carbocycles. The molecule has 0 amide bonds. The molecule has 2 aromatic carbocycles. The van der Waals surface area contributed by atoms with E-state index in [0.717, 1.165) is 11.3 Å². The predicted octanol–water partition coefficient (Wildman–Crippen LogP) is 3.57. The second kappa shape index (κ2) is 10.6. The van der Waals surface area contributed by atoms with Gasteiger partial charge in [0.25, 0.3) is 0 Å². The lowest BCUT2D eigenvalue weighted by molar-refractivity contribution is 0.363. The zero-order valence-electron chi connectivity index (χ0n) is 19.2. The van der Waals surface area contributed by atoms with Crippen LogP contribution >= 0.6 is 11.6 Å². The van der Waals surface area contributed by atoms with Crippen molar-refractivity contribution in [2.24, 2.45) is 0 Å².